The molecule has 1 atom stereocenters. The highest BCUT2D eigenvalue weighted by molar-refractivity contribution is 5.68. The summed E-state index contributed by atoms with van der Waals surface area (Å²) in [6, 6.07) is 2.20. The number of aliphatic carboxylic acids is 1. The Morgan fingerprint density at radius 3 is 3.00 bits per heavy atom. The molecule has 5 heterocycles. The summed E-state index contributed by atoms with van der Waals surface area (Å²) in [4.78, 5) is 17.9. The number of fused-ring (bicyclic) bond motifs is 2. The molecule has 6 rings (SSSR count). The van der Waals surface area contributed by atoms with Gasteiger partial charge in [0.2, 0.25) is 0 Å². The molecule has 0 aromatic carbocycles. The first-order chi connectivity index (χ1) is 13.4. The molecule has 8 heteroatoms. The minimum atomic E-state index is -0.943. The van der Waals surface area contributed by atoms with Crippen LogP contribution in [-0.4, -0.2) is 58.6 Å². The third-order valence-electron chi connectivity index (χ3n) is 6.41. The largest absolute Gasteiger partial charge is 0.480 e. The maximum Gasteiger partial charge on any atom is 0.329 e. The second kappa shape index (κ2) is 6.15. The number of ether oxygens (including phenoxy) is 2. The van der Waals surface area contributed by atoms with Gasteiger partial charge in [-0.2, -0.15) is 0 Å². The second-order valence-corrected chi connectivity index (χ2v) is 8.95. The van der Waals surface area contributed by atoms with Gasteiger partial charge in [-0.1, -0.05) is 6.92 Å². The Labute approximate surface area is 163 Å². The Morgan fingerprint density at radius 1 is 1.46 bits per heavy atom. The number of carbonyl (C=O) groups is 1. The number of hydrogen-bond acceptors (Lipinski definition) is 6. The SMILES string of the molecule is Cc1cc(N2CCC(C)C2)cn2nc(C34CC(COCC(=O)O)(CO3)C4)nc12. The highest BCUT2D eigenvalue weighted by atomic mass is 16.5. The minimum absolute atomic E-state index is 0.0984. The Bertz CT molecular complexity index is 934. The molecule has 1 N–H and O–H groups in total. The van der Waals surface area contributed by atoms with Gasteiger partial charge in [-0.05, 0) is 43.7 Å². The number of carboxylic acid groups (broad SMARTS) is 1. The van der Waals surface area contributed by atoms with E-state index in [0.29, 0.717) is 13.2 Å². The Morgan fingerprint density at radius 2 is 2.29 bits per heavy atom. The number of nitrogens with zero attached hydrogens (tertiary/aromatic N) is 4. The van der Waals surface area contributed by atoms with Crippen molar-refractivity contribution in [3.8, 4) is 0 Å². The lowest BCUT2D eigenvalue weighted by Crippen LogP contribution is -2.45. The van der Waals surface area contributed by atoms with Crippen LogP contribution in [-0.2, 0) is 19.9 Å². The molecule has 3 saturated heterocycles. The van der Waals surface area contributed by atoms with E-state index in [1.54, 1.807) is 0 Å². The second-order valence-electron chi connectivity index (χ2n) is 8.95. The zero-order valence-electron chi connectivity index (χ0n) is 16.3. The fourth-order valence-electron chi connectivity index (χ4n) is 5.04. The van der Waals surface area contributed by atoms with Crippen molar-refractivity contribution in [3.05, 3.63) is 23.7 Å². The summed E-state index contributed by atoms with van der Waals surface area (Å²) in [7, 11) is 0. The smallest absolute Gasteiger partial charge is 0.329 e. The van der Waals surface area contributed by atoms with Crippen molar-refractivity contribution in [2.24, 2.45) is 11.3 Å². The van der Waals surface area contributed by atoms with Crippen LogP contribution >= 0.6 is 0 Å². The molecular formula is C20H26N4O4. The van der Waals surface area contributed by atoms with Gasteiger partial charge in [0, 0.05) is 18.5 Å². The monoisotopic (exact) mass is 386 g/mol. The zero-order valence-corrected chi connectivity index (χ0v) is 16.3. The van der Waals surface area contributed by atoms with E-state index in [1.807, 2.05) is 4.52 Å². The van der Waals surface area contributed by atoms with Crippen molar-refractivity contribution in [1.82, 2.24) is 14.6 Å². The van der Waals surface area contributed by atoms with Crippen LogP contribution in [0.2, 0.25) is 0 Å². The van der Waals surface area contributed by atoms with Gasteiger partial charge in [0.05, 0.1) is 25.1 Å². The van der Waals surface area contributed by atoms with Crippen LogP contribution in [0, 0.1) is 18.3 Å². The molecule has 28 heavy (non-hydrogen) atoms. The number of rotatable bonds is 6. The highest BCUT2D eigenvalue weighted by Gasteiger charge is 2.65. The van der Waals surface area contributed by atoms with Gasteiger partial charge in [-0.3, -0.25) is 0 Å². The minimum Gasteiger partial charge on any atom is -0.480 e. The average molecular weight is 386 g/mol. The van der Waals surface area contributed by atoms with Crippen LogP contribution in [0.1, 0.15) is 37.6 Å². The number of anilines is 1. The lowest BCUT2D eigenvalue weighted by molar-refractivity contribution is -0.144. The third-order valence-corrected chi connectivity index (χ3v) is 6.41. The number of pyridine rings is 1. The van der Waals surface area contributed by atoms with E-state index in [0.717, 1.165) is 48.9 Å². The molecular weight excluding hydrogens is 360 g/mol. The van der Waals surface area contributed by atoms with Gasteiger partial charge in [-0.25, -0.2) is 14.3 Å². The maximum atomic E-state index is 10.7. The molecule has 2 aromatic rings. The lowest BCUT2D eigenvalue weighted by atomic mass is 9.62. The molecule has 1 saturated carbocycles. The highest BCUT2D eigenvalue weighted by Crippen LogP contribution is 2.62. The number of aromatic nitrogens is 3. The number of aryl methyl sites for hydroxylation is 1. The standard InChI is InChI=1S/C20H26N4O4/c1-13-3-4-23(6-13)15-5-14(2)17-21-18(22-24(17)7-15)20-9-19(10-20,12-28-20)11-27-8-16(25)26/h5,7,13H,3-4,6,8-12H2,1-2H3,(H,25,26). The normalized spacial score (nSPS) is 31.5. The van der Waals surface area contributed by atoms with E-state index < -0.39 is 11.6 Å². The van der Waals surface area contributed by atoms with Gasteiger partial charge in [0.15, 0.2) is 11.5 Å². The van der Waals surface area contributed by atoms with Crippen molar-refractivity contribution in [2.75, 3.05) is 37.8 Å². The fraction of sp³-hybridized carbons (Fsp3) is 0.650. The summed E-state index contributed by atoms with van der Waals surface area (Å²) in [5.41, 5.74) is 2.63. The topological polar surface area (TPSA) is 89.2 Å². The zero-order chi connectivity index (χ0) is 19.5. The van der Waals surface area contributed by atoms with Crippen LogP contribution in [0.5, 0.6) is 0 Å². The Hall–Kier alpha value is -2.19. The summed E-state index contributed by atoms with van der Waals surface area (Å²) in [5, 5.41) is 13.5. The van der Waals surface area contributed by atoms with Gasteiger partial charge in [0.25, 0.3) is 0 Å². The van der Waals surface area contributed by atoms with E-state index in [-0.39, 0.29) is 12.0 Å². The maximum absolute atomic E-state index is 10.7. The van der Waals surface area contributed by atoms with Crippen molar-refractivity contribution < 1.29 is 19.4 Å². The third kappa shape index (κ3) is 2.78. The predicted molar refractivity (Wildman–Crippen MR) is 101 cm³/mol. The van der Waals surface area contributed by atoms with E-state index >= 15 is 0 Å². The quantitative estimate of drug-likeness (QED) is 0.812. The molecule has 8 nitrogen and oxygen atoms in total. The summed E-state index contributed by atoms with van der Waals surface area (Å²) >= 11 is 0. The molecule has 0 spiro atoms. The molecule has 0 amide bonds. The first-order valence-corrected chi connectivity index (χ1v) is 9.94. The predicted octanol–water partition coefficient (Wildman–Crippen LogP) is 1.99. The van der Waals surface area contributed by atoms with Crippen molar-refractivity contribution >= 4 is 17.3 Å². The first kappa shape index (κ1) is 17.9. The van der Waals surface area contributed by atoms with E-state index in [2.05, 4.69) is 31.0 Å². The molecule has 3 aliphatic heterocycles. The molecule has 1 aliphatic carbocycles. The van der Waals surface area contributed by atoms with Crippen LogP contribution in [0.25, 0.3) is 5.65 Å². The summed E-state index contributed by atoms with van der Waals surface area (Å²) in [5.74, 6) is 0.509. The van der Waals surface area contributed by atoms with Crippen LogP contribution in [0.15, 0.2) is 12.3 Å². The summed E-state index contributed by atoms with van der Waals surface area (Å²) in [6.45, 7) is 7.24. The van der Waals surface area contributed by atoms with Gasteiger partial charge < -0.3 is 19.5 Å². The van der Waals surface area contributed by atoms with Crippen molar-refractivity contribution in [1.29, 1.82) is 0 Å². The molecule has 150 valence electrons. The fourth-order valence-corrected chi connectivity index (χ4v) is 5.04. The molecule has 1 unspecified atom stereocenters. The van der Waals surface area contributed by atoms with Gasteiger partial charge >= 0.3 is 5.97 Å². The van der Waals surface area contributed by atoms with E-state index in [4.69, 9.17) is 24.7 Å². The van der Waals surface area contributed by atoms with Crippen molar-refractivity contribution in [3.63, 3.8) is 0 Å². The van der Waals surface area contributed by atoms with E-state index in [9.17, 15) is 4.79 Å². The number of carboxylic acids is 1. The van der Waals surface area contributed by atoms with Crippen LogP contribution < -0.4 is 4.90 Å². The van der Waals surface area contributed by atoms with E-state index in [1.165, 1.54) is 12.1 Å². The molecule has 4 fully saturated rings. The molecule has 0 radical (unpaired) electrons. The molecule has 2 bridgehead atoms. The first-order valence-electron chi connectivity index (χ1n) is 9.94. The lowest BCUT2D eigenvalue weighted by Gasteiger charge is -2.42. The Balaban J connectivity index is 1.36. The Kier molecular flexibility index (Phi) is 3.93. The average Bonchev–Trinajstić information content (AvgIpc) is 3.35. The molecule has 4 aliphatic rings. The van der Waals surface area contributed by atoms with Crippen molar-refractivity contribution in [2.45, 2.75) is 38.7 Å². The summed E-state index contributed by atoms with van der Waals surface area (Å²) in [6.07, 6.45) is 4.87. The van der Waals surface area contributed by atoms with Gasteiger partial charge in [-0.15, -0.1) is 5.10 Å². The molecule has 2 aromatic heterocycles. The van der Waals surface area contributed by atoms with Crippen LogP contribution in [0.4, 0.5) is 5.69 Å². The van der Waals surface area contributed by atoms with Gasteiger partial charge in [0.1, 0.15) is 12.2 Å². The summed E-state index contributed by atoms with van der Waals surface area (Å²) < 4.78 is 13.3. The number of hydrogen-bond donors (Lipinski definition) is 1. The van der Waals surface area contributed by atoms with Crippen LogP contribution in [0.3, 0.4) is 0 Å².